The van der Waals surface area contributed by atoms with Crippen molar-refractivity contribution in [2.45, 2.75) is 39.6 Å². The molecule has 0 aromatic heterocycles. The number of rotatable bonds is 11. The first kappa shape index (κ1) is 23.1. The maximum atomic E-state index is 13.0. The van der Waals surface area contributed by atoms with Gasteiger partial charge in [-0.2, -0.15) is 0 Å². The summed E-state index contributed by atoms with van der Waals surface area (Å²) in [6.45, 7) is 5.17. The molecule has 2 atom stereocenters. The van der Waals surface area contributed by atoms with Crippen molar-refractivity contribution in [2.24, 2.45) is 5.92 Å². The zero-order chi connectivity index (χ0) is 20.3. The van der Waals surface area contributed by atoms with Gasteiger partial charge < -0.3 is 19.3 Å². The Hall–Kier alpha value is -1.89. The molecule has 1 aromatic rings. The number of amides is 1. The Balaban J connectivity index is 2.74. The van der Waals surface area contributed by atoms with Crippen LogP contribution in [0, 0.1) is 5.92 Å². The zero-order valence-electron chi connectivity index (χ0n) is 16.2. The van der Waals surface area contributed by atoms with Gasteiger partial charge >= 0.3 is 19.7 Å². The highest BCUT2D eigenvalue weighted by atomic mass is 31.2. The van der Waals surface area contributed by atoms with Crippen molar-refractivity contribution in [1.82, 2.24) is 5.32 Å². The predicted molar refractivity (Wildman–Crippen MR) is 100 cm³/mol. The Labute approximate surface area is 160 Å². The largest absolute Gasteiger partial charge is 0.464 e. The second-order valence-electron chi connectivity index (χ2n) is 6.15. The summed E-state index contributed by atoms with van der Waals surface area (Å²) in [5.41, 5.74) is 0.821. The average Bonchev–Trinajstić information content (AvgIpc) is 2.64. The molecule has 0 aliphatic carbocycles. The highest BCUT2D eigenvalue weighted by Gasteiger charge is 2.38. The lowest BCUT2D eigenvalue weighted by atomic mass is 10.1. The highest BCUT2D eigenvalue weighted by Crippen LogP contribution is 2.53. The summed E-state index contributed by atoms with van der Waals surface area (Å²) in [6, 6.07) is 9.17. The molecule has 0 saturated heterocycles. The molecule has 1 rings (SSSR count). The first-order valence-corrected chi connectivity index (χ1v) is 10.3. The molecule has 0 aliphatic heterocycles. The van der Waals surface area contributed by atoms with E-state index in [2.05, 4.69) is 5.32 Å². The Morgan fingerprint density at radius 2 is 1.81 bits per heavy atom. The molecule has 8 nitrogen and oxygen atoms in total. The number of alkyl carbamates (subject to hydrolysis) is 1. The minimum Gasteiger partial charge on any atom is -0.464 e. The van der Waals surface area contributed by atoms with Gasteiger partial charge in [-0.25, -0.2) is 9.59 Å². The number of nitrogens with one attached hydrogen (secondary N) is 1. The van der Waals surface area contributed by atoms with Gasteiger partial charge in [0, 0.05) is 7.11 Å². The van der Waals surface area contributed by atoms with E-state index in [0.717, 1.165) is 5.56 Å². The maximum absolute atomic E-state index is 13.0. The smallest absolute Gasteiger partial charge is 0.408 e. The predicted octanol–water partition coefficient (Wildman–Crippen LogP) is 3.70. The molecule has 0 heterocycles. The molecule has 0 spiro atoms. The van der Waals surface area contributed by atoms with Crippen LogP contribution in [-0.2, 0) is 34.5 Å². The second-order valence-corrected chi connectivity index (χ2v) is 8.48. The van der Waals surface area contributed by atoms with Crippen LogP contribution in [0.4, 0.5) is 4.79 Å². The summed E-state index contributed by atoms with van der Waals surface area (Å²) < 4.78 is 33.2. The Morgan fingerprint density at radius 3 is 2.37 bits per heavy atom. The van der Waals surface area contributed by atoms with Crippen LogP contribution < -0.4 is 5.32 Å². The maximum Gasteiger partial charge on any atom is 0.408 e. The van der Waals surface area contributed by atoms with Gasteiger partial charge in [-0.1, -0.05) is 44.2 Å². The van der Waals surface area contributed by atoms with E-state index in [-0.39, 0.29) is 19.1 Å². The van der Waals surface area contributed by atoms with Gasteiger partial charge in [-0.15, -0.1) is 0 Å². The standard InChI is InChI=1S/C18H28NO7P/c1-5-24-17(20)13-26-27(22,23-4)16(11-14(2)3)19-18(21)25-12-15-9-7-6-8-10-15/h6-10,14,16H,5,11-13H2,1-4H3,(H,19,21). The molecule has 0 aliphatic rings. The third kappa shape index (κ3) is 8.56. The van der Waals surface area contributed by atoms with Gasteiger partial charge in [0.1, 0.15) is 12.4 Å². The number of hydrogen-bond acceptors (Lipinski definition) is 7. The topological polar surface area (TPSA) is 100 Å². The van der Waals surface area contributed by atoms with Crippen molar-refractivity contribution in [3.05, 3.63) is 35.9 Å². The Kier molecular flexibility index (Phi) is 10.1. The molecule has 0 radical (unpaired) electrons. The zero-order valence-corrected chi connectivity index (χ0v) is 17.1. The van der Waals surface area contributed by atoms with Crippen molar-refractivity contribution in [3.8, 4) is 0 Å². The van der Waals surface area contributed by atoms with Gasteiger partial charge in [0.05, 0.1) is 6.61 Å². The van der Waals surface area contributed by atoms with Crippen molar-refractivity contribution in [3.63, 3.8) is 0 Å². The van der Waals surface area contributed by atoms with Crippen LogP contribution in [0.15, 0.2) is 30.3 Å². The number of benzene rings is 1. The quantitative estimate of drug-likeness (QED) is 0.446. The normalized spacial score (nSPS) is 14.3. The highest BCUT2D eigenvalue weighted by molar-refractivity contribution is 7.54. The Bertz CT molecular complexity index is 636. The van der Waals surface area contributed by atoms with Crippen LogP contribution in [0.3, 0.4) is 0 Å². The molecular weight excluding hydrogens is 373 g/mol. The van der Waals surface area contributed by atoms with Gasteiger partial charge in [0.15, 0.2) is 6.61 Å². The van der Waals surface area contributed by atoms with Crippen LogP contribution in [0.5, 0.6) is 0 Å². The van der Waals surface area contributed by atoms with Crippen molar-refractivity contribution in [1.29, 1.82) is 0 Å². The monoisotopic (exact) mass is 401 g/mol. The summed E-state index contributed by atoms with van der Waals surface area (Å²) in [4.78, 5) is 23.7. The molecule has 1 N–H and O–H groups in total. The third-order valence-corrected chi connectivity index (χ3v) is 5.60. The SMILES string of the molecule is CCOC(=O)COP(=O)(OC)C(CC(C)C)NC(=O)OCc1ccccc1. The van der Waals surface area contributed by atoms with E-state index in [0.29, 0.717) is 6.42 Å². The molecule has 27 heavy (non-hydrogen) atoms. The fourth-order valence-electron chi connectivity index (χ4n) is 2.23. The van der Waals surface area contributed by atoms with E-state index in [4.69, 9.17) is 18.5 Å². The lowest BCUT2D eigenvalue weighted by Gasteiger charge is -2.27. The molecule has 2 unspecified atom stereocenters. The van der Waals surface area contributed by atoms with Gasteiger partial charge in [0.2, 0.25) is 0 Å². The van der Waals surface area contributed by atoms with Gasteiger partial charge in [0.25, 0.3) is 0 Å². The van der Waals surface area contributed by atoms with Crippen LogP contribution in [0.25, 0.3) is 0 Å². The van der Waals surface area contributed by atoms with E-state index >= 15 is 0 Å². The number of carbonyl (C=O) groups is 2. The molecule has 0 fully saturated rings. The van der Waals surface area contributed by atoms with Crippen LogP contribution in [-0.4, -0.2) is 38.2 Å². The first-order chi connectivity index (χ1) is 12.8. The summed E-state index contributed by atoms with van der Waals surface area (Å²) in [5.74, 6) is -1.54. The van der Waals surface area contributed by atoms with E-state index in [9.17, 15) is 14.2 Å². The molecule has 9 heteroatoms. The summed E-state index contributed by atoms with van der Waals surface area (Å²) in [7, 11) is -2.60. The average molecular weight is 401 g/mol. The number of hydrogen-bond donors (Lipinski definition) is 1. The molecule has 1 aromatic carbocycles. The first-order valence-electron chi connectivity index (χ1n) is 8.73. The van der Waals surface area contributed by atoms with Crippen molar-refractivity contribution >= 4 is 19.7 Å². The number of esters is 1. The molecular formula is C18H28NO7P. The van der Waals surface area contributed by atoms with Crippen LogP contribution >= 0.6 is 7.60 Å². The lowest BCUT2D eigenvalue weighted by molar-refractivity contribution is -0.145. The second kappa shape index (κ2) is 11.7. The van der Waals surface area contributed by atoms with E-state index in [1.807, 2.05) is 44.2 Å². The summed E-state index contributed by atoms with van der Waals surface area (Å²) in [6.07, 6.45) is -0.435. The Morgan fingerprint density at radius 1 is 1.15 bits per heavy atom. The number of carbonyl (C=O) groups excluding carboxylic acids is 2. The molecule has 0 saturated carbocycles. The van der Waals surface area contributed by atoms with Gasteiger partial charge in [-0.3, -0.25) is 9.09 Å². The van der Waals surface area contributed by atoms with Crippen LogP contribution in [0.1, 0.15) is 32.8 Å². The summed E-state index contributed by atoms with van der Waals surface area (Å²) >= 11 is 0. The number of ether oxygens (including phenoxy) is 2. The van der Waals surface area contributed by atoms with Crippen molar-refractivity contribution in [2.75, 3.05) is 20.3 Å². The fraction of sp³-hybridized carbons (Fsp3) is 0.556. The van der Waals surface area contributed by atoms with Crippen molar-refractivity contribution < 1.29 is 32.7 Å². The van der Waals surface area contributed by atoms with E-state index < -0.39 is 32.0 Å². The third-order valence-electron chi connectivity index (χ3n) is 3.50. The van der Waals surface area contributed by atoms with Crippen LogP contribution in [0.2, 0.25) is 0 Å². The molecule has 1 amide bonds. The summed E-state index contributed by atoms with van der Waals surface area (Å²) in [5, 5.41) is 2.54. The van der Waals surface area contributed by atoms with E-state index in [1.54, 1.807) is 6.92 Å². The van der Waals surface area contributed by atoms with E-state index in [1.165, 1.54) is 7.11 Å². The minimum absolute atomic E-state index is 0.0715. The minimum atomic E-state index is -3.80. The lowest BCUT2D eigenvalue weighted by Crippen LogP contribution is -2.37. The fourth-order valence-corrected chi connectivity index (χ4v) is 4.00. The molecule has 0 bridgehead atoms. The molecule has 152 valence electrons. The van der Waals surface area contributed by atoms with Gasteiger partial charge in [-0.05, 0) is 24.8 Å².